The maximum atomic E-state index is 12.3. The second-order valence-electron chi connectivity index (χ2n) is 8.52. The van der Waals surface area contributed by atoms with Gasteiger partial charge in [-0.15, -0.1) is 0 Å². The summed E-state index contributed by atoms with van der Waals surface area (Å²) in [7, 11) is -4.18. The molecule has 0 unspecified atom stereocenters. The summed E-state index contributed by atoms with van der Waals surface area (Å²) in [6, 6.07) is 23.0. The molecular weight excluding hydrogens is 519 g/mol. The molecule has 0 radical (unpaired) electrons. The first-order chi connectivity index (χ1) is 17.2. The number of urea groups is 1. The third-order valence-electron chi connectivity index (χ3n) is 5.54. The molecule has 1 heterocycles. The van der Waals surface area contributed by atoms with Gasteiger partial charge in [-0.3, -0.25) is 4.79 Å². The minimum absolute atomic E-state index is 0. The van der Waals surface area contributed by atoms with E-state index in [1.165, 1.54) is 18.2 Å². The number of sulfonamides is 1. The van der Waals surface area contributed by atoms with Gasteiger partial charge in [-0.1, -0.05) is 80.0 Å². The molecule has 1 N–H and O–H groups in total. The Morgan fingerprint density at radius 3 is 2.30 bits per heavy atom. The summed E-state index contributed by atoms with van der Waals surface area (Å²) in [5.74, 6) is 1.21. The van der Waals surface area contributed by atoms with Gasteiger partial charge in [0.25, 0.3) is 0 Å². The predicted molar refractivity (Wildman–Crippen MR) is 142 cm³/mol. The van der Waals surface area contributed by atoms with Crippen LogP contribution in [0, 0.1) is 0 Å². The number of halogens is 1. The molecule has 0 aliphatic rings. The van der Waals surface area contributed by atoms with Gasteiger partial charge in [0.2, 0.25) is 10.0 Å². The number of carbonyl (C=O) groups excluding carboxylic acids is 1. The fourth-order valence-corrected chi connectivity index (χ4v) is 5.11. The van der Waals surface area contributed by atoms with Gasteiger partial charge in [0.05, 0.1) is 15.6 Å². The Labute approximate surface area is 244 Å². The van der Waals surface area contributed by atoms with Crippen LogP contribution >= 0.6 is 11.6 Å². The molecule has 186 valence electrons. The third-order valence-corrected chi connectivity index (χ3v) is 7.30. The Balaban J connectivity index is 0.00000380. The van der Waals surface area contributed by atoms with E-state index in [1.54, 1.807) is 6.07 Å². The van der Waals surface area contributed by atoms with E-state index >= 15 is 0 Å². The van der Waals surface area contributed by atoms with Crippen LogP contribution < -0.4 is 34.9 Å². The molecule has 0 atom stereocenters. The summed E-state index contributed by atoms with van der Waals surface area (Å²) >= 11 is 5.92. The van der Waals surface area contributed by atoms with E-state index < -0.39 is 16.1 Å². The van der Waals surface area contributed by atoms with Crippen molar-refractivity contribution < 1.29 is 42.8 Å². The maximum Gasteiger partial charge on any atom is 1.00 e. The second kappa shape index (κ2) is 12.8. The minimum atomic E-state index is -4.18. The Kier molecular flexibility index (Phi) is 9.98. The molecule has 3 aromatic carbocycles. The summed E-state index contributed by atoms with van der Waals surface area (Å²) in [5, 5.41) is 2.54. The van der Waals surface area contributed by atoms with E-state index in [1.807, 2.05) is 60.8 Å². The van der Waals surface area contributed by atoms with Crippen molar-refractivity contribution in [1.82, 2.24) is 14.9 Å². The van der Waals surface area contributed by atoms with Gasteiger partial charge in [0, 0.05) is 23.4 Å². The fourth-order valence-electron chi connectivity index (χ4n) is 3.74. The largest absolute Gasteiger partial charge is 1.00 e. The predicted octanol–water partition coefficient (Wildman–Crippen LogP) is 3.33. The van der Waals surface area contributed by atoms with E-state index in [2.05, 4.69) is 28.5 Å². The Morgan fingerprint density at radius 2 is 1.65 bits per heavy atom. The van der Waals surface area contributed by atoms with Gasteiger partial charge < -0.3 is 14.6 Å². The molecule has 37 heavy (non-hydrogen) atoms. The van der Waals surface area contributed by atoms with Gasteiger partial charge in [-0.2, -0.15) is 0 Å². The maximum absolute atomic E-state index is 12.3. The van der Waals surface area contributed by atoms with Gasteiger partial charge in [-0.05, 0) is 42.8 Å². The molecule has 4 aromatic rings. The average Bonchev–Trinajstić information content (AvgIpc) is 3.31. The summed E-state index contributed by atoms with van der Waals surface area (Å²) in [5.41, 5.74) is 3.96. The van der Waals surface area contributed by atoms with Crippen molar-refractivity contribution in [2.24, 2.45) is 0 Å². The van der Waals surface area contributed by atoms with Crippen molar-refractivity contribution in [2.45, 2.75) is 31.1 Å². The Hall–Kier alpha value is -2.62. The number of imidazole rings is 1. The minimum Gasteiger partial charge on any atom is -0.448 e. The summed E-state index contributed by atoms with van der Waals surface area (Å²) < 4.78 is 30.0. The molecule has 4 rings (SSSR count). The zero-order valence-corrected chi connectivity index (χ0v) is 24.5. The van der Waals surface area contributed by atoms with Crippen LogP contribution in [0.3, 0.4) is 0 Å². The Bertz CT molecular complexity index is 1460. The van der Waals surface area contributed by atoms with E-state index in [4.69, 9.17) is 16.6 Å². The van der Waals surface area contributed by atoms with Crippen LogP contribution in [0.2, 0.25) is 5.02 Å². The van der Waals surface area contributed by atoms with E-state index in [-0.39, 0.29) is 51.9 Å². The topological polar surface area (TPSA) is 95.2 Å². The van der Waals surface area contributed by atoms with Gasteiger partial charge >= 0.3 is 29.6 Å². The van der Waals surface area contributed by atoms with Crippen LogP contribution in [0.4, 0.5) is 4.79 Å². The Morgan fingerprint density at radius 1 is 1.00 bits per heavy atom. The SMILES string of the molecule is CC(C)c1nc(-c2ccccc2)cn1-c1ccc(CCNC(=O)[N-]S(=O)(=O)c2ccccc2Cl)cc1.[Na+]. The van der Waals surface area contributed by atoms with Crippen molar-refractivity contribution in [3.8, 4) is 16.9 Å². The molecule has 10 heteroatoms. The smallest absolute Gasteiger partial charge is 0.448 e. The molecule has 0 spiro atoms. The number of hydrogen-bond acceptors (Lipinski definition) is 4. The molecule has 7 nitrogen and oxygen atoms in total. The summed E-state index contributed by atoms with van der Waals surface area (Å²) in [6.07, 6.45) is 2.56. The van der Waals surface area contributed by atoms with Crippen LogP contribution in [-0.2, 0) is 16.4 Å². The van der Waals surface area contributed by atoms with Crippen molar-refractivity contribution in [2.75, 3.05) is 6.54 Å². The molecule has 1 aromatic heterocycles. The van der Waals surface area contributed by atoms with Crippen LogP contribution in [0.25, 0.3) is 21.7 Å². The molecule has 0 saturated carbocycles. The quantitative estimate of drug-likeness (QED) is 0.344. The number of nitrogens with one attached hydrogen (secondary N) is 1. The van der Waals surface area contributed by atoms with Crippen LogP contribution in [0.15, 0.2) is 90.0 Å². The summed E-state index contributed by atoms with van der Waals surface area (Å²) in [6.45, 7) is 4.46. The molecule has 0 saturated heterocycles. The standard InChI is InChI=1S/C27H27ClN4O3S.Na/c1-19(2)26-30-24(21-8-4-3-5-9-21)18-32(26)22-14-12-20(13-15-22)16-17-29-27(33)31-36(34,35)25-11-7-6-10-23(25)28;/h3-15,18-19H,16-17H2,1-2H3,(H2,29,31,33);/q;+1/p-1. The van der Waals surface area contributed by atoms with Crippen molar-refractivity contribution >= 4 is 27.7 Å². The van der Waals surface area contributed by atoms with Crippen molar-refractivity contribution in [3.63, 3.8) is 0 Å². The zero-order valence-electron chi connectivity index (χ0n) is 20.9. The van der Waals surface area contributed by atoms with E-state index in [0.717, 1.165) is 28.3 Å². The van der Waals surface area contributed by atoms with Crippen molar-refractivity contribution in [1.29, 1.82) is 0 Å². The fraction of sp³-hybridized carbons (Fsp3) is 0.185. The number of amides is 2. The molecule has 2 amide bonds. The first-order valence-corrected chi connectivity index (χ1v) is 13.3. The average molecular weight is 545 g/mol. The normalized spacial score (nSPS) is 11.1. The molecule has 0 aliphatic heterocycles. The van der Waals surface area contributed by atoms with E-state index in [9.17, 15) is 13.2 Å². The monoisotopic (exact) mass is 544 g/mol. The number of benzene rings is 3. The first-order valence-electron chi connectivity index (χ1n) is 11.5. The number of hydrogen-bond donors (Lipinski definition) is 1. The van der Waals surface area contributed by atoms with Crippen LogP contribution in [0.5, 0.6) is 0 Å². The zero-order chi connectivity index (χ0) is 25.7. The van der Waals surface area contributed by atoms with E-state index in [0.29, 0.717) is 6.42 Å². The third kappa shape index (κ3) is 7.24. The van der Waals surface area contributed by atoms with Crippen LogP contribution in [0.1, 0.15) is 31.2 Å². The molecule has 0 fully saturated rings. The van der Waals surface area contributed by atoms with Gasteiger partial charge in [0.1, 0.15) is 5.82 Å². The molecule has 0 bridgehead atoms. The number of aromatic nitrogens is 2. The molecular formula is C27H26ClN4NaO3S. The van der Waals surface area contributed by atoms with Gasteiger partial charge in [0.15, 0.2) is 6.03 Å². The summed E-state index contributed by atoms with van der Waals surface area (Å²) in [4.78, 5) is 16.7. The van der Waals surface area contributed by atoms with Crippen LogP contribution in [-0.4, -0.2) is 30.5 Å². The number of rotatable bonds is 8. The van der Waals surface area contributed by atoms with Crippen molar-refractivity contribution in [3.05, 3.63) is 106 Å². The number of nitrogens with zero attached hydrogens (tertiary/aromatic N) is 3. The number of carbonyl (C=O) groups is 1. The molecule has 0 aliphatic carbocycles. The first kappa shape index (κ1) is 28.9. The van der Waals surface area contributed by atoms with Gasteiger partial charge in [-0.25, -0.2) is 13.4 Å². The second-order valence-corrected chi connectivity index (χ2v) is 10.5.